The summed E-state index contributed by atoms with van der Waals surface area (Å²) in [5, 5.41) is 5.08. The van der Waals surface area contributed by atoms with Gasteiger partial charge in [0.1, 0.15) is 5.75 Å². The lowest BCUT2D eigenvalue weighted by molar-refractivity contribution is -0.118. The lowest BCUT2D eigenvalue weighted by atomic mass is 10.1. The molecule has 0 radical (unpaired) electrons. The molecule has 2 amide bonds. The van der Waals surface area contributed by atoms with Crippen LogP contribution in [-0.4, -0.2) is 23.4 Å². The zero-order valence-corrected chi connectivity index (χ0v) is 15.7. The number of carbonyl (C=O) groups is 2. The average Bonchev–Trinajstić information content (AvgIpc) is 3.07. The molecule has 0 saturated carbocycles. The summed E-state index contributed by atoms with van der Waals surface area (Å²) in [5.41, 5.74) is 7.63. The van der Waals surface area contributed by atoms with Crippen LogP contribution in [0.3, 0.4) is 0 Å². The Labute approximate surface area is 164 Å². The lowest BCUT2D eigenvalue weighted by Crippen LogP contribution is -2.20. The fourth-order valence-electron chi connectivity index (χ4n) is 2.35. The fourth-order valence-corrected chi connectivity index (χ4v) is 3.31. The number of benzene rings is 2. The number of primary amides is 1. The zero-order chi connectivity index (χ0) is 19.2. The molecule has 138 valence electrons. The highest BCUT2D eigenvalue weighted by Gasteiger charge is 2.11. The predicted octanol–water partition coefficient (Wildman–Crippen LogP) is 3.51. The molecule has 3 aromatic rings. The average molecular weight is 402 g/mol. The molecule has 0 saturated heterocycles. The standard InChI is InChI=1S/C19H16ClN3O3S/c20-15-8-13(12-4-2-1-3-5-12)6-7-16(15)26-10-18(25)23-19-22-14(11-27-19)9-17(21)24/h1-8,11H,9-10H2,(H2,21,24)(H,22,23,25). The number of aromatic nitrogens is 1. The first-order chi connectivity index (χ1) is 13.0. The summed E-state index contributed by atoms with van der Waals surface area (Å²) in [7, 11) is 0. The maximum Gasteiger partial charge on any atom is 0.264 e. The van der Waals surface area contributed by atoms with Crippen molar-refractivity contribution in [1.82, 2.24) is 4.98 Å². The van der Waals surface area contributed by atoms with Crippen LogP contribution in [0.1, 0.15) is 5.69 Å². The van der Waals surface area contributed by atoms with Gasteiger partial charge in [0.25, 0.3) is 5.91 Å². The molecule has 27 heavy (non-hydrogen) atoms. The number of nitrogens with one attached hydrogen (secondary N) is 1. The number of ether oxygens (including phenoxy) is 1. The lowest BCUT2D eigenvalue weighted by Gasteiger charge is -2.09. The van der Waals surface area contributed by atoms with Gasteiger partial charge in [-0.15, -0.1) is 11.3 Å². The van der Waals surface area contributed by atoms with Crippen LogP contribution in [0.25, 0.3) is 11.1 Å². The van der Waals surface area contributed by atoms with E-state index < -0.39 is 5.91 Å². The molecular formula is C19H16ClN3O3S. The maximum absolute atomic E-state index is 12.0. The number of halogens is 1. The second-order valence-corrected chi connectivity index (χ2v) is 6.90. The molecule has 0 spiro atoms. The van der Waals surface area contributed by atoms with Gasteiger partial charge < -0.3 is 10.5 Å². The van der Waals surface area contributed by atoms with Crippen LogP contribution in [0.4, 0.5) is 5.13 Å². The molecule has 3 N–H and O–H groups in total. The van der Waals surface area contributed by atoms with Gasteiger partial charge in [-0.2, -0.15) is 0 Å². The Morgan fingerprint density at radius 3 is 2.63 bits per heavy atom. The number of amides is 2. The van der Waals surface area contributed by atoms with E-state index in [1.165, 1.54) is 11.3 Å². The molecule has 0 unspecified atom stereocenters. The van der Waals surface area contributed by atoms with E-state index in [4.69, 9.17) is 22.1 Å². The second-order valence-electron chi connectivity index (χ2n) is 5.64. The Morgan fingerprint density at radius 2 is 1.93 bits per heavy atom. The molecule has 3 rings (SSSR count). The van der Waals surface area contributed by atoms with E-state index in [2.05, 4.69) is 10.3 Å². The monoisotopic (exact) mass is 401 g/mol. The first-order valence-corrected chi connectivity index (χ1v) is 9.27. The fraction of sp³-hybridized carbons (Fsp3) is 0.105. The molecule has 1 aromatic heterocycles. The zero-order valence-electron chi connectivity index (χ0n) is 14.1. The van der Waals surface area contributed by atoms with E-state index in [-0.39, 0.29) is 18.9 Å². The topological polar surface area (TPSA) is 94.3 Å². The van der Waals surface area contributed by atoms with Gasteiger partial charge in [0.05, 0.1) is 17.1 Å². The first-order valence-electron chi connectivity index (χ1n) is 8.01. The summed E-state index contributed by atoms with van der Waals surface area (Å²) in [6.07, 6.45) is 0.0340. The molecule has 0 bridgehead atoms. The van der Waals surface area contributed by atoms with Crippen molar-refractivity contribution in [1.29, 1.82) is 0 Å². The minimum absolute atomic E-state index is 0.0340. The van der Waals surface area contributed by atoms with E-state index in [0.29, 0.717) is 21.6 Å². The Morgan fingerprint density at radius 1 is 1.15 bits per heavy atom. The summed E-state index contributed by atoms with van der Waals surface area (Å²) in [6, 6.07) is 15.2. The molecule has 0 aliphatic rings. The van der Waals surface area contributed by atoms with Crippen LogP contribution in [-0.2, 0) is 16.0 Å². The highest BCUT2D eigenvalue weighted by Crippen LogP contribution is 2.30. The van der Waals surface area contributed by atoms with Gasteiger partial charge in [-0.3, -0.25) is 14.9 Å². The van der Waals surface area contributed by atoms with Crippen LogP contribution in [0.15, 0.2) is 53.9 Å². The van der Waals surface area contributed by atoms with Gasteiger partial charge in [0, 0.05) is 5.38 Å². The Balaban J connectivity index is 1.57. The number of nitrogens with zero attached hydrogens (tertiary/aromatic N) is 1. The van der Waals surface area contributed by atoms with Crippen molar-refractivity contribution in [3.63, 3.8) is 0 Å². The van der Waals surface area contributed by atoms with Crippen molar-refractivity contribution in [3.05, 3.63) is 64.6 Å². The Kier molecular flexibility index (Phi) is 6.05. The van der Waals surface area contributed by atoms with Gasteiger partial charge in [0.15, 0.2) is 11.7 Å². The highest BCUT2D eigenvalue weighted by molar-refractivity contribution is 7.13. The molecule has 8 heteroatoms. The van der Waals surface area contributed by atoms with Gasteiger partial charge in [-0.25, -0.2) is 4.98 Å². The van der Waals surface area contributed by atoms with Gasteiger partial charge in [0.2, 0.25) is 5.91 Å². The minimum atomic E-state index is -0.477. The van der Waals surface area contributed by atoms with E-state index in [0.717, 1.165) is 11.1 Å². The summed E-state index contributed by atoms with van der Waals surface area (Å²) in [4.78, 5) is 27.0. The summed E-state index contributed by atoms with van der Waals surface area (Å²) in [5.74, 6) is -0.437. The third-order valence-corrected chi connectivity index (χ3v) is 4.65. The largest absolute Gasteiger partial charge is 0.482 e. The molecular weight excluding hydrogens is 386 g/mol. The van der Waals surface area contributed by atoms with Crippen molar-refractivity contribution in [2.45, 2.75) is 6.42 Å². The number of thiazole rings is 1. The molecule has 0 aliphatic carbocycles. The molecule has 2 aromatic carbocycles. The second kappa shape index (κ2) is 8.66. The first kappa shape index (κ1) is 18.9. The van der Waals surface area contributed by atoms with Gasteiger partial charge in [-0.05, 0) is 23.3 Å². The van der Waals surface area contributed by atoms with Crippen molar-refractivity contribution in [2.75, 3.05) is 11.9 Å². The molecule has 0 atom stereocenters. The van der Waals surface area contributed by atoms with Crippen LogP contribution in [0.5, 0.6) is 5.75 Å². The van der Waals surface area contributed by atoms with Crippen molar-refractivity contribution < 1.29 is 14.3 Å². The number of rotatable bonds is 7. The third-order valence-electron chi connectivity index (χ3n) is 3.55. The van der Waals surface area contributed by atoms with Gasteiger partial charge >= 0.3 is 0 Å². The third kappa shape index (κ3) is 5.29. The quantitative estimate of drug-likeness (QED) is 0.633. The summed E-state index contributed by atoms with van der Waals surface area (Å²) >= 11 is 7.48. The van der Waals surface area contributed by atoms with E-state index in [1.54, 1.807) is 17.5 Å². The maximum atomic E-state index is 12.0. The molecule has 1 heterocycles. The van der Waals surface area contributed by atoms with Crippen LogP contribution in [0.2, 0.25) is 5.02 Å². The van der Waals surface area contributed by atoms with Crippen LogP contribution < -0.4 is 15.8 Å². The van der Waals surface area contributed by atoms with Crippen LogP contribution in [0, 0.1) is 0 Å². The normalized spacial score (nSPS) is 10.4. The molecule has 6 nitrogen and oxygen atoms in total. The number of hydrogen-bond acceptors (Lipinski definition) is 5. The minimum Gasteiger partial charge on any atom is -0.482 e. The highest BCUT2D eigenvalue weighted by atomic mass is 35.5. The van der Waals surface area contributed by atoms with Crippen molar-refractivity contribution in [2.24, 2.45) is 5.73 Å². The smallest absolute Gasteiger partial charge is 0.264 e. The van der Waals surface area contributed by atoms with Gasteiger partial charge in [-0.1, -0.05) is 48.0 Å². The summed E-state index contributed by atoms with van der Waals surface area (Å²) in [6.45, 7) is -0.213. The molecule has 0 aliphatic heterocycles. The van der Waals surface area contributed by atoms with E-state index in [1.807, 2.05) is 36.4 Å². The van der Waals surface area contributed by atoms with E-state index >= 15 is 0 Å². The summed E-state index contributed by atoms with van der Waals surface area (Å²) < 4.78 is 5.49. The number of carbonyl (C=O) groups excluding carboxylic acids is 2. The Hall–Kier alpha value is -2.90. The van der Waals surface area contributed by atoms with E-state index in [9.17, 15) is 9.59 Å². The van der Waals surface area contributed by atoms with Crippen molar-refractivity contribution >= 4 is 39.9 Å². The Bertz CT molecular complexity index is 960. The van der Waals surface area contributed by atoms with Crippen molar-refractivity contribution in [3.8, 4) is 16.9 Å². The van der Waals surface area contributed by atoms with Crippen LogP contribution >= 0.6 is 22.9 Å². The predicted molar refractivity (Wildman–Crippen MR) is 106 cm³/mol. The SMILES string of the molecule is NC(=O)Cc1csc(NC(=O)COc2ccc(-c3ccccc3)cc2Cl)n1. The molecule has 0 fully saturated rings. The number of hydrogen-bond donors (Lipinski definition) is 2. The number of anilines is 1. The number of nitrogens with two attached hydrogens (primary N) is 1.